The van der Waals surface area contributed by atoms with Crippen LogP contribution >= 0.6 is 34.5 Å². The molecule has 0 aliphatic heterocycles. The minimum Gasteiger partial charge on any atom is -0.298 e. The van der Waals surface area contributed by atoms with Gasteiger partial charge in [-0.15, -0.1) is 11.3 Å². The molecule has 0 saturated carbocycles. The van der Waals surface area contributed by atoms with Crippen molar-refractivity contribution < 1.29 is 4.79 Å². The van der Waals surface area contributed by atoms with Crippen LogP contribution in [0.2, 0.25) is 10.0 Å². The molecule has 0 fully saturated rings. The van der Waals surface area contributed by atoms with E-state index < -0.39 is 0 Å². The number of nitrogens with zero attached hydrogens (tertiary/aromatic N) is 1. The van der Waals surface area contributed by atoms with E-state index in [-0.39, 0.29) is 11.3 Å². The molecule has 1 amide bonds. The molecule has 3 rings (SSSR count). The largest absolute Gasteiger partial charge is 0.298 e. The second-order valence-electron chi connectivity index (χ2n) is 7.36. The average molecular weight is 431 g/mol. The molecule has 0 atom stereocenters. The van der Waals surface area contributed by atoms with Crippen molar-refractivity contribution in [2.24, 2.45) is 0 Å². The molecule has 2 aromatic carbocycles. The Morgan fingerprint density at radius 1 is 1.07 bits per heavy atom. The summed E-state index contributed by atoms with van der Waals surface area (Å²) in [4.78, 5) is 16.7. The maximum atomic E-state index is 12.1. The molecular formula is C22H20Cl2N2OS. The van der Waals surface area contributed by atoms with Gasteiger partial charge in [0.15, 0.2) is 5.13 Å². The van der Waals surface area contributed by atoms with E-state index >= 15 is 0 Å². The molecule has 1 N–H and O–H groups in total. The number of anilines is 1. The van der Waals surface area contributed by atoms with Crippen molar-refractivity contribution in [2.45, 2.75) is 26.2 Å². The summed E-state index contributed by atoms with van der Waals surface area (Å²) >= 11 is 13.3. The molecule has 3 nitrogen and oxygen atoms in total. The molecule has 0 saturated heterocycles. The topological polar surface area (TPSA) is 42.0 Å². The Labute approximate surface area is 179 Å². The van der Waals surface area contributed by atoms with Gasteiger partial charge in [-0.05, 0) is 34.8 Å². The summed E-state index contributed by atoms with van der Waals surface area (Å²) in [6.07, 6.45) is 3.12. The first-order chi connectivity index (χ1) is 13.2. The Morgan fingerprint density at radius 2 is 1.79 bits per heavy atom. The van der Waals surface area contributed by atoms with Gasteiger partial charge in [-0.25, -0.2) is 4.98 Å². The molecule has 0 spiro atoms. The first-order valence-electron chi connectivity index (χ1n) is 8.73. The molecule has 1 heterocycles. The van der Waals surface area contributed by atoms with Gasteiger partial charge in [0.1, 0.15) is 0 Å². The SMILES string of the molecule is CC(C)(C)c1ccc(-c2csc(NC(=O)C=Cc3ccc(Cl)c(Cl)c3)n2)cc1. The average Bonchev–Trinajstić information content (AvgIpc) is 3.10. The molecule has 0 bridgehead atoms. The molecule has 0 unspecified atom stereocenters. The van der Waals surface area contributed by atoms with Crippen LogP contribution in [0.1, 0.15) is 31.9 Å². The van der Waals surface area contributed by atoms with Crippen LogP contribution in [0.25, 0.3) is 17.3 Å². The van der Waals surface area contributed by atoms with Crippen LogP contribution in [-0.4, -0.2) is 10.9 Å². The van der Waals surface area contributed by atoms with E-state index in [1.165, 1.54) is 23.0 Å². The number of halogens is 2. The maximum Gasteiger partial charge on any atom is 0.250 e. The number of benzene rings is 2. The van der Waals surface area contributed by atoms with Crippen molar-refractivity contribution in [1.82, 2.24) is 4.98 Å². The van der Waals surface area contributed by atoms with Crippen molar-refractivity contribution in [3.8, 4) is 11.3 Å². The number of amides is 1. The number of hydrogen-bond donors (Lipinski definition) is 1. The third-order valence-corrected chi connectivity index (χ3v) is 5.65. The van der Waals surface area contributed by atoms with Crippen molar-refractivity contribution in [1.29, 1.82) is 0 Å². The molecule has 0 aliphatic carbocycles. The zero-order valence-corrected chi connectivity index (χ0v) is 18.1. The lowest BCUT2D eigenvalue weighted by Gasteiger charge is -2.18. The Kier molecular flexibility index (Phi) is 6.23. The van der Waals surface area contributed by atoms with E-state index in [0.29, 0.717) is 15.2 Å². The first kappa shape index (κ1) is 20.6. The molecule has 0 aliphatic rings. The van der Waals surface area contributed by atoms with Crippen LogP contribution in [0.3, 0.4) is 0 Å². The summed E-state index contributed by atoms with van der Waals surface area (Å²) in [5, 5.41) is 6.21. The van der Waals surface area contributed by atoms with Gasteiger partial charge < -0.3 is 0 Å². The number of rotatable bonds is 4. The van der Waals surface area contributed by atoms with E-state index in [4.69, 9.17) is 23.2 Å². The van der Waals surface area contributed by atoms with Crippen LogP contribution in [0.4, 0.5) is 5.13 Å². The van der Waals surface area contributed by atoms with Gasteiger partial charge in [0, 0.05) is 17.0 Å². The van der Waals surface area contributed by atoms with Crippen LogP contribution in [0.5, 0.6) is 0 Å². The highest BCUT2D eigenvalue weighted by atomic mass is 35.5. The number of carbonyl (C=O) groups excluding carboxylic acids is 1. The van der Waals surface area contributed by atoms with Crippen LogP contribution in [0.15, 0.2) is 53.9 Å². The lowest BCUT2D eigenvalue weighted by Crippen LogP contribution is -2.10. The smallest absolute Gasteiger partial charge is 0.250 e. The highest BCUT2D eigenvalue weighted by Gasteiger charge is 2.14. The predicted molar refractivity (Wildman–Crippen MR) is 120 cm³/mol. The monoisotopic (exact) mass is 430 g/mol. The molecule has 6 heteroatoms. The zero-order valence-electron chi connectivity index (χ0n) is 15.8. The van der Waals surface area contributed by atoms with Crippen molar-refractivity contribution >= 4 is 51.7 Å². The summed E-state index contributed by atoms with van der Waals surface area (Å²) in [5.41, 5.74) is 4.04. The minimum absolute atomic E-state index is 0.111. The first-order valence-corrected chi connectivity index (χ1v) is 10.4. The van der Waals surface area contributed by atoms with Crippen molar-refractivity contribution in [3.05, 3.63) is 75.1 Å². The van der Waals surface area contributed by atoms with Gasteiger partial charge >= 0.3 is 0 Å². The quantitative estimate of drug-likeness (QED) is 0.449. The third kappa shape index (κ3) is 5.22. The number of thiazole rings is 1. The summed E-state index contributed by atoms with van der Waals surface area (Å²) in [7, 11) is 0. The molecule has 3 aromatic rings. The lowest BCUT2D eigenvalue weighted by molar-refractivity contribution is -0.111. The molecule has 144 valence electrons. The summed E-state index contributed by atoms with van der Waals surface area (Å²) < 4.78 is 0. The fourth-order valence-corrected chi connectivity index (χ4v) is 3.57. The number of nitrogens with one attached hydrogen (secondary N) is 1. The molecular weight excluding hydrogens is 411 g/mol. The van der Waals surface area contributed by atoms with Crippen molar-refractivity contribution in [3.63, 3.8) is 0 Å². The maximum absolute atomic E-state index is 12.1. The zero-order chi connectivity index (χ0) is 20.3. The van der Waals surface area contributed by atoms with E-state index in [2.05, 4.69) is 55.3 Å². The fourth-order valence-electron chi connectivity index (χ4n) is 2.54. The molecule has 0 radical (unpaired) electrons. The van der Waals surface area contributed by atoms with Gasteiger partial charge in [0.25, 0.3) is 0 Å². The minimum atomic E-state index is -0.255. The second kappa shape index (κ2) is 8.48. The number of aromatic nitrogens is 1. The van der Waals surface area contributed by atoms with Crippen LogP contribution in [-0.2, 0) is 10.2 Å². The van der Waals surface area contributed by atoms with E-state index in [1.807, 2.05) is 5.38 Å². The summed E-state index contributed by atoms with van der Waals surface area (Å²) in [6.45, 7) is 6.55. The standard InChI is InChI=1S/C22H20Cl2N2OS/c1-22(2,3)16-8-6-15(7-9-16)19-13-28-21(25-19)26-20(27)11-5-14-4-10-17(23)18(24)12-14/h4-13H,1-3H3,(H,25,26,27). The highest BCUT2D eigenvalue weighted by Crippen LogP contribution is 2.28. The van der Waals surface area contributed by atoms with Crippen molar-refractivity contribution in [2.75, 3.05) is 5.32 Å². The Morgan fingerprint density at radius 3 is 2.43 bits per heavy atom. The normalized spacial score (nSPS) is 11.8. The Hall–Kier alpha value is -2.14. The highest BCUT2D eigenvalue weighted by molar-refractivity contribution is 7.14. The Balaban J connectivity index is 1.66. The molecule has 28 heavy (non-hydrogen) atoms. The third-order valence-electron chi connectivity index (χ3n) is 4.15. The van der Waals surface area contributed by atoms with Gasteiger partial charge in [-0.1, -0.05) is 74.3 Å². The van der Waals surface area contributed by atoms with Gasteiger partial charge in [-0.2, -0.15) is 0 Å². The fraction of sp³-hybridized carbons (Fsp3) is 0.182. The molecule has 1 aromatic heterocycles. The Bertz CT molecular complexity index is 1020. The van der Waals surface area contributed by atoms with Crippen LogP contribution in [0, 0.1) is 0 Å². The van der Waals surface area contributed by atoms with Gasteiger partial charge in [-0.3, -0.25) is 10.1 Å². The summed E-state index contributed by atoms with van der Waals surface area (Å²) in [5.74, 6) is -0.255. The number of hydrogen-bond acceptors (Lipinski definition) is 3. The van der Waals surface area contributed by atoms with E-state index in [0.717, 1.165) is 16.8 Å². The van der Waals surface area contributed by atoms with Crippen LogP contribution < -0.4 is 5.32 Å². The van der Waals surface area contributed by atoms with E-state index in [1.54, 1.807) is 24.3 Å². The lowest BCUT2D eigenvalue weighted by atomic mass is 9.86. The van der Waals surface area contributed by atoms with Gasteiger partial charge in [0.05, 0.1) is 15.7 Å². The second-order valence-corrected chi connectivity index (χ2v) is 9.03. The van der Waals surface area contributed by atoms with Gasteiger partial charge in [0.2, 0.25) is 5.91 Å². The number of carbonyl (C=O) groups is 1. The van der Waals surface area contributed by atoms with E-state index in [9.17, 15) is 4.79 Å². The summed E-state index contributed by atoms with van der Waals surface area (Å²) in [6, 6.07) is 13.5. The predicted octanol–water partition coefficient (Wildman–Crippen LogP) is 7.07.